The third-order valence-electron chi connectivity index (χ3n) is 5.03. The molecule has 0 N–H and O–H groups in total. The van der Waals surface area contributed by atoms with Crippen LogP contribution in [0.3, 0.4) is 0 Å². The second-order valence-corrected chi connectivity index (χ2v) is 8.77. The van der Waals surface area contributed by atoms with Crippen LogP contribution in [0.5, 0.6) is 5.75 Å². The molecule has 1 saturated carbocycles. The lowest BCUT2D eigenvalue weighted by Gasteiger charge is -2.17. The first-order valence-electron chi connectivity index (χ1n) is 8.55. The Labute approximate surface area is 147 Å². The highest BCUT2D eigenvalue weighted by Crippen LogP contribution is 2.39. The predicted molar refractivity (Wildman–Crippen MR) is 92.1 cm³/mol. The molecule has 1 aromatic carbocycles. The van der Waals surface area contributed by atoms with Gasteiger partial charge in [0.2, 0.25) is 10.0 Å². The maximum atomic E-state index is 12.9. The maximum Gasteiger partial charge on any atom is 0.243 e. The zero-order valence-corrected chi connectivity index (χ0v) is 15.2. The van der Waals surface area contributed by atoms with Crippen molar-refractivity contribution in [3.8, 4) is 5.75 Å². The standard InChI is InChI=1S/C17H22N4O3S/c1-12-9-15(5-6-17(12)24-2)25(22,23)20-8-7-14(10-20)21-11-16(18-19-21)13-3-4-13/h5-6,9,11,13-14H,3-4,7-8,10H2,1-2H3. The van der Waals surface area contributed by atoms with E-state index in [1.165, 1.54) is 17.1 Å². The topological polar surface area (TPSA) is 77.3 Å². The molecule has 2 aromatic rings. The van der Waals surface area contributed by atoms with E-state index < -0.39 is 10.0 Å². The summed E-state index contributed by atoms with van der Waals surface area (Å²) in [7, 11) is -1.93. The van der Waals surface area contributed by atoms with Crippen molar-refractivity contribution >= 4 is 10.0 Å². The summed E-state index contributed by atoms with van der Waals surface area (Å²) in [6, 6.07) is 5.03. The summed E-state index contributed by atoms with van der Waals surface area (Å²) in [4.78, 5) is 0.309. The van der Waals surface area contributed by atoms with Gasteiger partial charge in [0, 0.05) is 25.2 Å². The second-order valence-electron chi connectivity index (χ2n) is 6.83. The number of methoxy groups -OCH3 is 1. The molecule has 8 heteroatoms. The van der Waals surface area contributed by atoms with E-state index in [9.17, 15) is 8.42 Å². The molecular formula is C17H22N4O3S. The zero-order valence-electron chi connectivity index (χ0n) is 14.4. The van der Waals surface area contributed by atoms with Gasteiger partial charge in [-0.05, 0) is 49.9 Å². The number of ether oxygens (including phenoxy) is 1. The Morgan fingerprint density at radius 2 is 2.04 bits per heavy atom. The molecular weight excluding hydrogens is 340 g/mol. The predicted octanol–water partition coefficient (Wildman–Crippen LogP) is 2.11. The van der Waals surface area contributed by atoms with Crippen molar-refractivity contribution < 1.29 is 13.2 Å². The summed E-state index contributed by atoms with van der Waals surface area (Å²) < 4.78 is 34.4. The summed E-state index contributed by atoms with van der Waals surface area (Å²) in [5.41, 5.74) is 1.84. The van der Waals surface area contributed by atoms with E-state index in [0.29, 0.717) is 29.7 Å². The minimum Gasteiger partial charge on any atom is -0.496 e. The van der Waals surface area contributed by atoms with Gasteiger partial charge in [0.15, 0.2) is 0 Å². The fraction of sp³-hybridized carbons (Fsp3) is 0.529. The SMILES string of the molecule is COc1ccc(S(=O)(=O)N2CCC(n3cc(C4CC4)nn3)C2)cc1C. The van der Waals surface area contributed by atoms with E-state index in [1.807, 2.05) is 17.8 Å². The number of hydrogen-bond acceptors (Lipinski definition) is 5. The van der Waals surface area contributed by atoms with Crippen LogP contribution in [0.4, 0.5) is 0 Å². The molecule has 25 heavy (non-hydrogen) atoms. The molecule has 7 nitrogen and oxygen atoms in total. The Morgan fingerprint density at radius 1 is 1.24 bits per heavy atom. The summed E-state index contributed by atoms with van der Waals surface area (Å²) in [5.74, 6) is 1.24. The smallest absolute Gasteiger partial charge is 0.243 e. The highest BCUT2D eigenvalue weighted by Gasteiger charge is 2.35. The van der Waals surface area contributed by atoms with Gasteiger partial charge in [0.05, 0.1) is 23.7 Å². The number of nitrogens with zero attached hydrogens (tertiary/aromatic N) is 4. The molecule has 1 unspecified atom stereocenters. The van der Waals surface area contributed by atoms with Gasteiger partial charge in [-0.3, -0.25) is 0 Å². The average molecular weight is 362 g/mol. The van der Waals surface area contributed by atoms with E-state index in [4.69, 9.17) is 4.74 Å². The Hall–Kier alpha value is -1.93. The average Bonchev–Trinajstić information content (AvgIpc) is 3.12. The molecule has 2 aliphatic rings. The van der Waals surface area contributed by atoms with Crippen molar-refractivity contribution in [1.29, 1.82) is 0 Å². The first-order chi connectivity index (χ1) is 12.0. The summed E-state index contributed by atoms with van der Waals surface area (Å²) in [6.45, 7) is 2.77. The van der Waals surface area contributed by atoms with Gasteiger partial charge >= 0.3 is 0 Å². The van der Waals surface area contributed by atoms with Crippen molar-refractivity contribution in [3.05, 3.63) is 35.7 Å². The summed E-state index contributed by atoms with van der Waals surface area (Å²) in [6.07, 6.45) is 5.10. The summed E-state index contributed by atoms with van der Waals surface area (Å²) in [5, 5.41) is 8.44. The molecule has 1 aliphatic carbocycles. The van der Waals surface area contributed by atoms with Gasteiger partial charge in [-0.15, -0.1) is 5.10 Å². The van der Waals surface area contributed by atoms with Crippen LogP contribution in [0.1, 0.15) is 42.5 Å². The van der Waals surface area contributed by atoms with Crippen molar-refractivity contribution in [2.24, 2.45) is 0 Å². The van der Waals surface area contributed by atoms with Crippen LogP contribution in [0.2, 0.25) is 0 Å². The Morgan fingerprint density at radius 3 is 2.72 bits per heavy atom. The monoisotopic (exact) mass is 362 g/mol. The number of hydrogen-bond donors (Lipinski definition) is 0. The molecule has 2 heterocycles. The van der Waals surface area contributed by atoms with Crippen molar-refractivity contribution in [1.82, 2.24) is 19.3 Å². The number of aromatic nitrogens is 3. The van der Waals surface area contributed by atoms with E-state index >= 15 is 0 Å². The molecule has 1 aliphatic heterocycles. The highest BCUT2D eigenvalue weighted by molar-refractivity contribution is 7.89. The van der Waals surface area contributed by atoms with E-state index in [0.717, 1.165) is 17.7 Å². The second kappa shape index (κ2) is 6.10. The van der Waals surface area contributed by atoms with Crippen LogP contribution in [0, 0.1) is 6.92 Å². The lowest BCUT2D eigenvalue weighted by molar-refractivity contribution is 0.410. The third-order valence-corrected chi connectivity index (χ3v) is 6.89. The third kappa shape index (κ3) is 3.04. The minimum absolute atomic E-state index is 0.0501. The largest absolute Gasteiger partial charge is 0.496 e. The zero-order chi connectivity index (χ0) is 17.6. The van der Waals surface area contributed by atoms with Gasteiger partial charge in [0.25, 0.3) is 0 Å². The molecule has 1 saturated heterocycles. The van der Waals surface area contributed by atoms with Gasteiger partial charge in [-0.2, -0.15) is 4.31 Å². The molecule has 1 atom stereocenters. The lowest BCUT2D eigenvalue weighted by Crippen LogP contribution is -2.29. The summed E-state index contributed by atoms with van der Waals surface area (Å²) >= 11 is 0. The molecule has 1 aromatic heterocycles. The Balaban J connectivity index is 1.52. The van der Waals surface area contributed by atoms with Crippen LogP contribution >= 0.6 is 0 Å². The number of sulfonamides is 1. The minimum atomic E-state index is -3.51. The maximum absolute atomic E-state index is 12.9. The molecule has 0 spiro atoms. The van der Waals surface area contributed by atoms with Gasteiger partial charge in [-0.1, -0.05) is 5.21 Å². The van der Waals surface area contributed by atoms with Gasteiger partial charge in [0.1, 0.15) is 5.75 Å². The normalized spacial score (nSPS) is 21.6. The van der Waals surface area contributed by atoms with E-state index in [2.05, 4.69) is 10.3 Å². The Bertz CT molecular complexity index is 889. The van der Waals surface area contributed by atoms with Crippen molar-refractivity contribution in [2.45, 2.75) is 43.0 Å². The quantitative estimate of drug-likeness (QED) is 0.814. The molecule has 0 bridgehead atoms. The van der Waals surface area contributed by atoms with E-state index in [-0.39, 0.29) is 6.04 Å². The fourth-order valence-electron chi connectivity index (χ4n) is 3.34. The number of benzene rings is 1. The molecule has 0 amide bonds. The first kappa shape index (κ1) is 16.5. The van der Waals surface area contributed by atoms with Crippen LogP contribution in [0.15, 0.2) is 29.3 Å². The lowest BCUT2D eigenvalue weighted by atomic mass is 10.2. The highest BCUT2D eigenvalue weighted by atomic mass is 32.2. The van der Waals surface area contributed by atoms with Crippen LogP contribution in [0.25, 0.3) is 0 Å². The number of aryl methyl sites for hydroxylation is 1. The van der Waals surface area contributed by atoms with Gasteiger partial charge < -0.3 is 4.74 Å². The molecule has 2 fully saturated rings. The molecule has 0 radical (unpaired) electrons. The van der Waals surface area contributed by atoms with E-state index in [1.54, 1.807) is 25.3 Å². The molecule has 134 valence electrons. The van der Waals surface area contributed by atoms with Crippen molar-refractivity contribution in [3.63, 3.8) is 0 Å². The Kier molecular flexibility index (Phi) is 4.04. The van der Waals surface area contributed by atoms with Crippen LogP contribution in [-0.2, 0) is 10.0 Å². The molecule has 4 rings (SSSR count). The van der Waals surface area contributed by atoms with Crippen molar-refractivity contribution in [2.75, 3.05) is 20.2 Å². The number of rotatable bonds is 5. The van der Waals surface area contributed by atoms with Gasteiger partial charge in [-0.25, -0.2) is 13.1 Å². The van der Waals surface area contributed by atoms with Crippen LogP contribution < -0.4 is 4.74 Å². The fourth-order valence-corrected chi connectivity index (χ4v) is 4.92. The first-order valence-corrected chi connectivity index (χ1v) is 9.99. The van der Waals surface area contributed by atoms with Crippen LogP contribution in [-0.4, -0.2) is 47.9 Å².